The van der Waals surface area contributed by atoms with Crippen LogP contribution in [0.5, 0.6) is 5.75 Å². The fourth-order valence-electron chi connectivity index (χ4n) is 3.83. The van der Waals surface area contributed by atoms with Crippen molar-refractivity contribution < 1.29 is 19.1 Å². The maximum absolute atomic E-state index is 13.1. The van der Waals surface area contributed by atoms with Crippen molar-refractivity contribution in [2.45, 2.75) is 44.8 Å². The number of rotatable bonds is 13. The second kappa shape index (κ2) is 14.4. The monoisotopic (exact) mass is 502 g/mol. The first-order valence-electron chi connectivity index (χ1n) is 12.4. The van der Waals surface area contributed by atoms with E-state index in [4.69, 9.17) is 10.5 Å². The van der Waals surface area contributed by atoms with Gasteiger partial charge in [0.25, 0.3) is 0 Å². The van der Waals surface area contributed by atoms with E-state index in [1.54, 1.807) is 31.2 Å². The van der Waals surface area contributed by atoms with Gasteiger partial charge in [0, 0.05) is 6.54 Å². The zero-order chi connectivity index (χ0) is 26.5. The number of benzene rings is 3. The van der Waals surface area contributed by atoms with Gasteiger partial charge in [-0.2, -0.15) is 0 Å². The van der Waals surface area contributed by atoms with Crippen LogP contribution in [0.4, 0.5) is 4.79 Å². The minimum absolute atomic E-state index is 0.209. The Morgan fingerprint density at radius 3 is 1.97 bits per heavy atom. The molecule has 5 N–H and O–H groups in total. The molecule has 0 aliphatic carbocycles. The van der Waals surface area contributed by atoms with Gasteiger partial charge < -0.3 is 26.4 Å². The Balaban J connectivity index is 1.51. The number of nitrogens with two attached hydrogens (primary N) is 1. The number of hydrogen-bond donors (Lipinski definition) is 4. The first kappa shape index (κ1) is 27.4. The Bertz CT molecular complexity index is 1140. The van der Waals surface area contributed by atoms with Crippen LogP contribution in [0.2, 0.25) is 0 Å². The number of hydrogen-bond acceptors (Lipinski definition) is 5. The third kappa shape index (κ3) is 9.77. The van der Waals surface area contributed by atoms with Gasteiger partial charge >= 0.3 is 6.09 Å². The van der Waals surface area contributed by atoms with Crippen molar-refractivity contribution in [3.8, 4) is 5.75 Å². The average molecular weight is 503 g/mol. The highest BCUT2D eigenvalue weighted by molar-refractivity contribution is 5.89. The van der Waals surface area contributed by atoms with Crippen LogP contribution in [-0.4, -0.2) is 36.5 Å². The molecule has 0 aliphatic heterocycles. The number of primary amides is 1. The van der Waals surface area contributed by atoms with Gasteiger partial charge in [-0.3, -0.25) is 9.59 Å². The topological polar surface area (TPSA) is 123 Å². The Morgan fingerprint density at radius 2 is 1.38 bits per heavy atom. The third-order valence-electron chi connectivity index (χ3n) is 5.89. The van der Waals surface area contributed by atoms with Crippen LogP contribution in [0.25, 0.3) is 0 Å². The lowest BCUT2D eigenvalue weighted by Gasteiger charge is -2.21. The smallest absolute Gasteiger partial charge is 0.409 e. The van der Waals surface area contributed by atoms with Crippen LogP contribution in [0.3, 0.4) is 0 Å². The summed E-state index contributed by atoms with van der Waals surface area (Å²) in [7, 11) is 0. The van der Waals surface area contributed by atoms with Crippen molar-refractivity contribution in [3.63, 3.8) is 0 Å². The van der Waals surface area contributed by atoms with Gasteiger partial charge in [0.2, 0.25) is 11.8 Å². The number of aryl methyl sites for hydroxylation is 1. The predicted octanol–water partition coefficient (Wildman–Crippen LogP) is 3.10. The molecule has 0 aliphatic rings. The first-order valence-corrected chi connectivity index (χ1v) is 12.4. The highest BCUT2D eigenvalue weighted by Gasteiger charge is 2.22. The van der Waals surface area contributed by atoms with Crippen molar-refractivity contribution in [3.05, 3.63) is 102 Å². The van der Waals surface area contributed by atoms with E-state index in [9.17, 15) is 14.4 Å². The second-order valence-corrected chi connectivity index (χ2v) is 8.78. The van der Waals surface area contributed by atoms with Crippen LogP contribution in [0.1, 0.15) is 30.0 Å². The molecule has 3 rings (SSSR count). The summed E-state index contributed by atoms with van der Waals surface area (Å²) in [5, 5.41) is 9.04. The first-order chi connectivity index (χ1) is 17.9. The Hall–Kier alpha value is -4.17. The maximum Gasteiger partial charge on any atom is 0.409 e. The van der Waals surface area contributed by atoms with Gasteiger partial charge in [0.05, 0.1) is 6.04 Å². The Labute approximate surface area is 217 Å². The largest absolute Gasteiger partial charge is 0.411 e. The summed E-state index contributed by atoms with van der Waals surface area (Å²) in [4.78, 5) is 36.6. The normalized spacial score (nSPS) is 12.2. The molecule has 37 heavy (non-hydrogen) atoms. The van der Waals surface area contributed by atoms with E-state index in [0.29, 0.717) is 18.7 Å². The lowest BCUT2D eigenvalue weighted by atomic mass is 10.0. The van der Waals surface area contributed by atoms with Crippen molar-refractivity contribution in [2.24, 2.45) is 5.73 Å². The molecule has 0 saturated heterocycles. The van der Waals surface area contributed by atoms with E-state index < -0.39 is 18.2 Å². The maximum atomic E-state index is 13.1. The summed E-state index contributed by atoms with van der Waals surface area (Å²) in [6, 6.07) is 25.6. The van der Waals surface area contributed by atoms with Gasteiger partial charge in [0.1, 0.15) is 11.8 Å². The van der Waals surface area contributed by atoms with Gasteiger partial charge in [-0.1, -0.05) is 72.8 Å². The van der Waals surface area contributed by atoms with Gasteiger partial charge in [-0.25, -0.2) is 4.79 Å². The number of carbonyl (C=O) groups excluding carboxylic acids is 3. The number of nitrogens with one attached hydrogen (secondary N) is 3. The highest BCUT2D eigenvalue weighted by atomic mass is 16.5. The van der Waals surface area contributed by atoms with Crippen molar-refractivity contribution in [2.75, 3.05) is 6.54 Å². The number of amides is 3. The second-order valence-electron chi connectivity index (χ2n) is 8.78. The average Bonchev–Trinajstić information content (AvgIpc) is 2.90. The van der Waals surface area contributed by atoms with Gasteiger partial charge in [-0.05, 0) is 61.6 Å². The molecule has 0 spiro atoms. The molecule has 8 nitrogen and oxygen atoms in total. The minimum atomic E-state index is -0.887. The van der Waals surface area contributed by atoms with E-state index in [1.165, 1.54) is 5.56 Å². The lowest BCUT2D eigenvalue weighted by Crippen LogP contribution is -2.52. The molecule has 0 aromatic heterocycles. The third-order valence-corrected chi connectivity index (χ3v) is 5.89. The molecule has 0 saturated carbocycles. The van der Waals surface area contributed by atoms with Crippen LogP contribution in [0.15, 0.2) is 84.9 Å². The molecule has 8 heteroatoms. The van der Waals surface area contributed by atoms with E-state index in [1.807, 2.05) is 48.5 Å². The molecule has 3 aromatic rings. The van der Waals surface area contributed by atoms with Crippen LogP contribution in [0, 0.1) is 0 Å². The fraction of sp³-hybridized carbons (Fsp3) is 0.276. The molecule has 0 radical (unpaired) electrons. The van der Waals surface area contributed by atoms with Gasteiger partial charge in [0.15, 0.2) is 0 Å². The number of ether oxygens (including phenoxy) is 1. The Morgan fingerprint density at radius 1 is 0.784 bits per heavy atom. The molecule has 3 amide bonds. The zero-order valence-electron chi connectivity index (χ0n) is 21.0. The zero-order valence-corrected chi connectivity index (χ0v) is 21.0. The molecular weight excluding hydrogens is 468 g/mol. The van der Waals surface area contributed by atoms with E-state index in [2.05, 4.69) is 28.1 Å². The van der Waals surface area contributed by atoms with E-state index in [0.717, 1.165) is 24.0 Å². The summed E-state index contributed by atoms with van der Waals surface area (Å²) in [6.07, 6.45) is 1.27. The molecule has 2 unspecified atom stereocenters. The summed E-state index contributed by atoms with van der Waals surface area (Å²) in [6.45, 7) is 2.57. The summed E-state index contributed by atoms with van der Waals surface area (Å²) in [5.74, 6) is -0.180. The molecule has 2 atom stereocenters. The highest BCUT2D eigenvalue weighted by Crippen LogP contribution is 2.12. The summed E-state index contributed by atoms with van der Waals surface area (Å²) in [5.41, 5.74) is 8.16. The Kier molecular flexibility index (Phi) is 10.7. The molecule has 194 valence electrons. The van der Waals surface area contributed by atoms with Crippen LogP contribution >= 0.6 is 0 Å². The van der Waals surface area contributed by atoms with Crippen LogP contribution < -0.4 is 26.4 Å². The fourth-order valence-corrected chi connectivity index (χ4v) is 3.83. The SMILES string of the molecule is CC(NC(=O)C(CCc1ccccc1)NCCc1ccccc1)C(=O)NCc1ccc(OC(N)=O)cc1. The van der Waals surface area contributed by atoms with Crippen LogP contribution in [-0.2, 0) is 29.0 Å². The summed E-state index contributed by atoms with van der Waals surface area (Å²) < 4.78 is 4.80. The molecular formula is C29H34N4O4. The quantitative estimate of drug-likeness (QED) is 0.286. The molecule has 3 aromatic carbocycles. The minimum Gasteiger partial charge on any atom is -0.411 e. The van der Waals surface area contributed by atoms with E-state index in [-0.39, 0.29) is 18.4 Å². The summed E-state index contributed by atoms with van der Waals surface area (Å²) >= 11 is 0. The van der Waals surface area contributed by atoms with Gasteiger partial charge in [-0.15, -0.1) is 0 Å². The lowest BCUT2D eigenvalue weighted by molar-refractivity contribution is -0.129. The number of carbonyl (C=O) groups is 3. The van der Waals surface area contributed by atoms with Crippen molar-refractivity contribution >= 4 is 17.9 Å². The van der Waals surface area contributed by atoms with E-state index >= 15 is 0 Å². The predicted molar refractivity (Wildman–Crippen MR) is 143 cm³/mol. The van der Waals surface area contributed by atoms with Crippen molar-refractivity contribution in [1.82, 2.24) is 16.0 Å². The standard InChI is InChI=1S/C29H34N4O4/c1-21(27(34)32-20-24-12-15-25(16-13-24)37-29(30)36)33-28(35)26(17-14-22-8-4-2-5-9-22)31-19-18-23-10-6-3-7-11-23/h2-13,15-16,21,26,31H,14,17-20H2,1H3,(H2,30,36)(H,32,34)(H,33,35). The molecule has 0 fully saturated rings. The molecule has 0 bridgehead atoms. The van der Waals surface area contributed by atoms with Crippen molar-refractivity contribution in [1.29, 1.82) is 0 Å². The molecule has 0 heterocycles.